The first-order chi connectivity index (χ1) is 9.16. The molecule has 0 heterocycles. The average molecular weight is 253 g/mol. The molecule has 0 aromatic heterocycles. The number of benzene rings is 2. The molecule has 0 saturated carbocycles. The molecule has 2 aromatic rings. The van der Waals surface area contributed by atoms with E-state index < -0.39 is 0 Å². The molecule has 19 heavy (non-hydrogen) atoms. The number of hydrogen-bond donors (Lipinski definition) is 0. The topological polar surface area (TPSA) is 20.3 Å². The van der Waals surface area contributed by atoms with Gasteiger partial charge in [-0.25, -0.2) is 0 Å². The number of carbonyl (C=O) groups excluding carboxylic acids is 1. The molecule has 0 fully saturated rings. The van der Waals surface area contributed by atoms with Gasteiger partial charge in [-0.15, -0.1) is 0 Å². The van der Waals surface area contributed by atoms with Gasteiger partial charge in [-0.3, -0.25) is 4.79 Å². The van der Waals surface area contributed by atoms with Crippen LogP contribution in [-0.4, -0.2) is 24.4 Å². The van der Waals surface area contributed by atoms with Gasteiger partial charge in [0.05, 0.1) is 0 Å². The molecule has 2 aromatic carbocycles. The van der Waals surface area contributed by atoms with Gasteiger partial charge >= 0.3 is 0 Å². The van der Waals surface area contributed by atoms with Gasteiger partial charge < -0.3 is 4.90 Å². The Labute approximate surface area is 114 Å². The zero-order valence-electron chi connectivity index (χ0n) is 11.5. The van der Waals surface area contributed by atoms with E-state index in [9.17, 15) is 4.79 Å². The lowest BCUT2D eigenvalue weighted by Crippen LogP contribution is -2.28. The van der Waals surface area contributed by atoms with Crippen molar-refractivity contribution in [1.82, 2.24) is 4.90 Å². The van der Waals surface area contributed by atoms with Gasteiger partial charge in [0.2, 0.25) is 0 Å². The van der Waals surface area contributed by atoms with E-state index >= 15 is 0 Å². The van der Waals surface area contributed by atoms with Crippen LogP contribution in [0.25, 0.3) is 0 Å². The summed E-state index contributed by atoms with van der Waals surface area (Å²) in [6.07, 6.45) is 0.884. The highest BCUT2D eigenvalue weighted by molar-refractivity contribution is 5.94. The summed E-state index contributed by atoms with van der Waals surface area (Å²) >= 11 is 0. The van der Waals surface area contributed by atoms with Crippen molar-refractivity contribution < 1.29 is 4.79 Å². The van der Waals surface area contributed by atoms with Crippen LogP contribution in [0, 0.1) is 6.92 Å². The summed E-state index contributed by atoms with van der Waals surface area (Å²) in [4.78, 5) is 14.0. The van der Waals surface area contributed by atoms with E-state index in [0.29, 0.717) is 0 Å². The molecule has 0 aliphatic heterocycles. The van der Waals surface area contributed by atoms with E-state index in [2.05, 4.69) is 12.1 Å². The summed E-state index contributed by atoms with van der Waals surface area (Å²) in [6, 6.07) is 17.9. The Bertz CT molecular complexity index is 531. The van der Waals surface area contributed by atoms with Crippen LogP contribution in [-0.2, 0) is 6.42 Å². The molecular formula is C17H19NO. The predicted molar refractivity (Wildman–Crippen MR) is 78.3 cm³/mol. The highest BCUT2D eigenvalue weighted by Crippen LogP contribution is 2.07. The summed E-state index contributed by atoms with van der Waals surface area (Å²) in [5.41, 5.74) is 3.18. The lowest BCUT2D eigenvalue weighted by Gasteiger charge is -2.17. The molecule has 0 unspecified atom stereocenters. The maximum atomic E-state index is 12.2. The molecule has 2 rings (SSSR count). The monoisotopic (exact) mass is 253 g/mol. The third-order valence-corrected chi connectivity index (χ3v) is 3.22. The van der Waals surface area contributed by atoms with Crippen molar-refractivity contribution in [2.45, 2.75) is 13.3 Å². The highest BCUT2D eigenvalue weighted by atomic mass is 16.2. The Morgan fingerprint density at radius 2 is 1.63 bits per heavy atom. The summed E-state index contributed by atoms with van der Waals surface area (Å²) < 4.78 is 0. The Kier molecular flexibility index (Phi) is 4.35. The van der Waals surface area contributed by atoms with Crippen LogP contribution in [0.5, 0.6) is 0 Å². The van der Waals surface area contributed by atoms with Gasteiger partial charge in [-0.1, -0.05) is 48.0 Å². The van der Waals surface area contributed by atoms with E-state index in [1.165, 1.54) is 11.1 Å². The van der Waals surface area contributed by atoms with Crippen LogP contribution in [0.3, 0.4) is 0 Å². The number of rotatable bonds is 4. The smallest absolute Gasteiger partial charge is 0.253 e. The van der Waals surface area contributed by atoms with Crippen molar-refractivity contribution in [1.29, 1.82) is 0 Å². The fourth-order valence-electron chi connectivity index (χ4n) is 1.96. The third kappa shape index (κ3) is 3.68. The van der Waals surface area contributed by atoms with Crippen molar-refractivity contribution in [2.24, 2.45) is 0 Å². The van der Waals surface area contributed by atoms with E-state index in [4.69, 9.17) is 0 Å². The minimum absolute atomic E-state index is 0.0796. The minimum Gasteiger partial charge on any atom is -0.341 e. The normalized spacial score (nSPS) is 10.2. The Hall–Kier alpha value is -2.09. The van der Waals surface area contributed by atoms with Gasteiger partial charge in [-0.05, 0) is 31.0 Å². The Morgan fingerprint density at radius 3 is 2.26 bits per heavy atom. The Balaban J connectivity index is 1.94. The molecule has 0 N–H and O–H groups in total. The lowest BCUT2D eigenvalue weighted by atomic mass is 10.1. The molecular weight excluding hydrogens is 234 g/mol. The fourth-order valence-corrected chi connectivity index (χ4v) is 1.96. The number of amides is 1. The van der Waals surface area contributed by atoms with E-state index in [1.807, 2.05) is 56.4 Å². The molecule has 0 saturated heterocycles. The lowest BCUT2D eigenvalue weighted by molar-refractivity contribution is 0.0796. The molecule has 0 radical (unpaired) electrons. The molecule has 2 nitrogen and oxygen atoms in total. The summed E-state index contributed by atoms with van der Waals surface area (Å²) in [5, 5.41) is 0. The van der Waals surface area contributed by atoms with Crippen molar-refractivity contribution in [3.05, 3.63) is 71.3 Å². The predicted octanol–water partition coefficient (Wildman–Crippen LogP) is 3.31. The second-order valence-corrected chi connectivity index (χ2v) is 4.83. The number of nitrogens with zero attached hydrogens (tertiary/aromatic N) is 1. The van der Waals surface area contributed by atoms with E-state index in [0.717, 1.165) is 18.5 Å². The minimum atomic E-state index is 0.0796. The summed E-state index contributed by atoms with van der Waals surface area (Å²) in [5.74, 6) is 0.0796. The molecule has 0 aliphatic rings. The quantitative estimate of drug-likeness (QED) is 0.818. The Morgan fingerprint density at radius 1 is 1.00 bits per heavy atom. The van der Waals surface area contributed by atoms with Crippen molar-refractivity contribution in [2.75, 3.05) is 13.6 Å². The second kappa shape index (κ2) is 6.19. The van der Waals surface area contributed by atoms with Crippen LogP contribution < -0.4 is 0 Å². The van der Waals surface area contributed by atoms with Gasteiger partial charge in [-0.2, -0.15) is 0 Å². The van der Waals surface area contributed by atoms with Gasteiger partial charge in [0.15, 0.2) is 0 Å². The van der Waals surface area contributed by atoms with Gasteiger partial charge in [0, 0.05) is 19.2 Å². The van der Waals surface area contributed by atoms with Crippen molar-refractivity contribution >= 4 is 5.91 Å². The first-order valence-corrected chi connectivity index (χ1v) is 6.53. The number of aryl methyl sites for hydroxylation is 1. The maximum Gasteiger partial charge on any atom is 0.253 e. The standard InChI is InChI=1S/C17H19NO/c1-14-8-10-16(11-9-14)17(19)18(2)13-12-15-6-4-3-5-7-15/h3-11H,12-13H2,1-2H3. The van der Waals surface area contributed by atoms with Crippen LogP contribution >= 0.6 is 0 Å². The van der Waals surface area contributed by atoms with Crippen LogP contribution in [0.4, 0.5) is 0 Å². The number of carbonyl (C=O) groups is 1. The largest absolute Gasteiger partial charge is 0.341 e. The van der Waals surface area contributed by atoms with Crippen molar-refractivity contribution in [3.63, 3.8) is 0 Å². The first kappa shape index (κ1) is 13.3. The maximum absolute atomic E-state index is 12.2. The molecule has 0 aliphatic carbocycles. The molecule has 98 valence electrons. The zero-order valence-corrected chi connectivity index (χ0v) is 11.5. The molecule has 0 atom stereocenters. The van der Waals surface area contributed by atoms with E-state index in [1.54, 1.807) is 4.90 Å². The van der Waals surface area contributed by atoms with Gasteiger partial charge in [0.1, 0.15) is 0 Å². The van der Waals surface area contributed by atoms with Crippen LogP contribution in [0.2, 0.25) is 0 Å². The fraction of sp³-hybridized carbons (Fsp3) is 0.235. The highest BCUT2D eigenvalue weighted by Gasteiger charge is 2.10. The van der Waals surface area contributed by atoms with E-state index in [-0.39, 0.29) is 5.91 Å². The summed E-state index contributed by atoms with van der Waals surface area (Å²) in [6.45, 7) is 2.75. The molecule has 0 bridgehead atoms. The number of likely N-dealkylation sites (N-methyl/N-ethyl adjacent to an activating group) is 1. The van der Waals surface area contributed by atoms with Crippen molar-refractivity contribution in [3.8, 4) is 0 Å². The average Bonchev–Trinajstić information content (AvgIpc) is 2.46. The zero-order chi connectivity index (χ0) is 13.7. The molecule has 2 heteroatoms. The number of hydrogen-bond acceptors (Lipinski definition) is 1. The van der Waals surface area contributed by atoms with Gasteiger partial charge in [0.25, 0.3) is 5.91 Å². The first-order valence-electron chi connectivity index (χ1n) is 6.53. The molecule has 1 amide bonds. The second-order valence-electron chi connectivity index (χ2n) is 4.83. The van der Waals surface area contributed by atoms with Crippen LogP contribution in [0.15, 0.2) is 54.6 Å². The van der Waals surface area contributed by atoms with Crippen LogP contribution in [0.1, 0.15) is 21.5 Å². The molecule has 0 spiro atoms. The summed E-state index contributed by atoms with van der Waals surface area (Å²) in [7, 11) is 1.85. The third-order valence-electron chi connectivity index (χ3n) is 3.22. The SMILES string of the molecule is Cc1ccc(C(=O)N(C)CCc2ccccc2)cc1.